The molecule has 2 heteroatoms. The first-order chi connectivity index (χ1) is 4.18. The molecule has 1 atom stereocenters. The quantitative estimate of drug-likeness (QED) is 0.543. The number of hydrogen-bond donors (Lipinski definition) is 2. The van der Waals surface area contributed by atoms with E-state index in [1.807, 2.05) is 13.8 Å². The highest BCUT2D eigenvalue weighted by atomic mass is 16.3. The van der Waals surface area contributed by atoms with Gasteiger partial charge in [0.05, 0.1) is 6.10 Å². The van der Waals surface area contributed by atoms with Crippen LogP contribution in [0.1, 0.15) is 13.8 Å². The number of rotatable bonds is 4. The van der Waals surface area contributed by atoms with E-state index in [1.54, 1.807) is 0 Å². The van der Waals surface area contributed by atoms with E-state index in [0.29, 0.717) is 6.54 Å². The molecule has 0 rings (SSSR count). The van der Waals surface area contributed by atoms with Crippen LogP contribution in [0, 0.1) is 0 Å². The van der Waals surface area contributed by atoms with Crippen LogP contribution in [-0.4, -0.2) is 24.3 Å². The van der Waals surface area contributed by atoms with Gasteiger partial charge < -0.3 is 10.4 Å². The van der Waals surface area contributed by atoms with Crippen LogP contribution in [0.2, 0.25) is 0 Å². The Bertz CT molecular complexity index is 90.9. The first-order valence-electron chi connectivity index (χ1n) is 3.22. The Hall–Kier alpha value is -0.340. The van der Waals surface area contributed by atoms with Gasteiger partial charge in [-0.15, -0.1) is 0 Å². The molecule has 0 heterocycles. The van der Waals surface area contributed by atoms with Crippen molar-refractivity contribution >= 4 is 0 Å². The van der Waals surface area contributed by atoms with E-state index in [2.05, 4.69) is 11.9 Å². The molecule has 0 saturated carbocycles. The van der Waals surface area contributed by atoms with E-state index in [-0.39, 0.29) is 6.10 Å². The van der Waals surface area contributed by atoms with Crippen molar-refractivity contribution in [2.45, 2.75) is 20.0 Å². The molecule has 0 aromatic rings. The Morgan fingerprint density at radius 2 is 2.33 bits per heavy atom. The van der Waals surface area contributed by atoms with Gasteiger partial charge in [0.1, 0.15) is 0 Å². The van der Waals surface area contributed by atoms with Gasteiger partial charge in [0.15, 0.2) is 0 Å². The van der Waals surface area contributed by atoms with E-state index in [1.165, 1.54) is 0 Å². The van der Waals surface area contributed by atoms with Crippen LogP contribution >= 0.6 is 0 Å². The lowest BCUT2D eigenvalue weighted by Crippen LogP contribution is -2.26. The number of likely N-dealkylation sites (N-methyl/N-ethyl adjacent to an activating group) is 1. The van der Waals surface area contributed by atoms with Crippen molar-refractivity contribution in [3.63, 3.8) is 0 Å². The zero-order chi connectivity index (χ0) is 7.28. The summed E-state index contributed by atoms with van der Waals surface area (Å²) >= 11 is 0. The van der Waals surface area contributed by atoms with Gasteiger partial charge in [-0.1, -0.05) is 19.1 Å². The molecule has 1 unspecified atom stereocenters. The number of hydrogen-bond acceptors (Lipinski definition) is 2. The fourth-order valence-corrected chi connectivity index (χ4v) is 0.455. The maximum absolute atomic E-state index is 9.10. The van der Waals surface area contributed by atoms with Gasteiger partial charge in [0, 0.05) is 6.54 Å². The lowest BCUT2D eigenvalue weighted by atomic mass is 10.2. The van der Waals surface area contributed by atoms with E-state index in [9.17, 15) is 0 Å². The summed E-state index contributed by atoms with van der Waals surface area (Å²) in [5.41, 5.74) is 0.816. The SMILES string of the molecule is C=C(C)C(O)CNCC. The standard InChI is InChI=1S/C7H15NO/c1-4-8-5-7(9)6(2)3/h7-9H,2,4-5H2,1,3H3. The van der Waals surface area contributed by atoms with Gasteiger partial charge in [-0.05, 0) is 13.5 Å². The van der Waals surface area contributed by atoms with E-state index in [4.69, 9.17) is 5.11 Å². The van der Waals surface area contributed by atoms with Crippen LogP contribution in [0.15, 0.2) is 12.2 Å². The van der Waals surface area contributed by atoms with Gasteiger partial charge in [0.25, 0.3) is 0 Å². The van der Waals surface area contributed by atoms with Gasteiger partial charge >= 0.3 is 0 Å². The fourth-order valence-electron chi connectivity index (χ4n) is 0.455. The first kappa shape index (κ1) is 8.66. The van der Waals surface area contributed by atoms with Crippen molar-refractivity contribution < 1.29 is 5.11 Å². The van der Waals surface area contributed by atoms with Crippen LogP contribution < -0.4 is 5.32 Å². The van der Waals surface area contributed by atoms with E-state index in [0.717, 1.165) is 12.1 Å². The molecule has 9 heavy (non-hydrogen) atoms. The van der Waals surface area contributed by atoms with E-state index < -0.39 is 0 Å². The van der Waals surface area contributed by atoms with Crippen molar-refractivity contribution in [3.8, 4) is 0 Å². The van der Waals surface area contributed by atoms with Crippen LogP contribution in [0.3, 0.4) is 0 Å². The summed E-state index contributed by atoms with van der Waals surface area (Å²) in [6, 6.07) is 0. The molecule has 0 aliphatic heterocycles. The van der Waals surface area contributed by atoms with Crippen molar-refractivity contribution in [1.82, 2.24) is 5.32 Å². The minimum Gasteiger partial charge on any atom is -0.387 e. The molecule has 0 aliphatic carbocycles. The number of aliphatic hydroxyl groups excluding tert-OH is 1. The third kappa shape index (κ3) is 4.18. The highest BCUT2D eigenvalue weighted by molar-refractivity contribution is 4.97. The second-order valence-corrected chi connectivity index (χ2v) is 2.17. The molecule has 2 N–H and O–H groups in total. The molecular formula is C7H15NO. The van der Waals surface area contributed by atoms with Crippen molar-refractivity contribution in [1.29, 1.82) is 0 Å². The Morgan fingerprint density at radius 3 is 2.67 bits per heavy atom. The summed E-state index contributed by atoms with van der Waals surface area (Å²) in [4.78, 5) is 0. The molecule has 0 saturated heterocycles. The highest BCUT2D eigenvalue weighted by Crippen LogP contribution is 1.93. The number of nitrogens with one attached hydrogen (secondary N) is 1. The Morgan fingerprint density at radius 1 is 1.78 bits per heavy atom. The summed E-state index contributed by atoms with van der Waals surface area (Å²) in [7, 11) is 0. The third-order valence-electron chi connectivity index (χ3n) is 1.16. The predicted molar refractivity (Wildman–Crippen MR) is 39.4 cm³/mol. The molecule has 2 nitrogen and oxygen atoms in total. The molecule has 0 spiro atoms. The van der Waals surface area contributed by atoms with Crippen molar-refractivity contribution in [2.24, 2.45) is 0 Å². The molecule has 0 bridgehead atoms. The lowest BCUT2D eigenvalue weighted by Gasteiger charge is -2.08. The number of aliphatic hydroxyl groups is 1. The molecule has 0 aromatic heterocycles. The predicted octanol–water partition coefficient (Wildman–Crippen LogP) is 0.533. The third-order valence-corrected chi connectivity index (χ3v) is 1.16. The largest absolute Gasteiger partial charge is 0.387 e. The van der Waals surface area contributed by atoms with Crippen molar-refractivity contribution in [3.05, 3.63) is 12.2 Å². The minimum atomic E-state index is -0.384. The average Bonchev–Trinajstić information content (AvgIpc) is 1.82. The fraction of sp³-hybridized carbons (Fsp3) is 0.714. The van der Waals surface area contributed by atoms with Crippen molar-refractivity contribution in [2.75, 3.05) is 13.1 Å². The maximum atomic E-state index is 9.10. The summed E-state index contributed by atoms with van der Waals surface area (Å²) < 4.78 is 0. The minimum absolute atomic E-state index is 0.384. The molecule has 0 radical (unpaired) electrons. The van der Waals surface area contributed by atoms with Crippen LogP contribution in [0.5, 0.6) is 0 Å². The Kier molecular flexibility index (Phi) is 4.36. The second-order valence-electron chi connectivity index (χ2n) is 2.17. The van der Waals surface area contributed by atoms with Gasteiger partial charge in [0.2, 0.25) is 0 Å². The molecule has 0 aromatic carbocycles. The first-order valence-corrected chi connectivity index (χ1v) is 3.22. The maximum Gasteiger partial charge on any atom is 0.0869 e. The highest BCUT2D eigenvalue weighted by Gasteiger charge is 2.00. The molecule has 54 valence electrons. The second kappa shape index (κ2) is 4.53. The summed E-state index contributed by atoms with van der Waals surface area (Å²) in [6.45, 7) is 8.95. The monoisotopic (exact) mass is 129 g/mol. The van der Waals surface area contributed by atoms with Gasteiger partial charge in [-0.25, -0.2) is 0 Å². The summed E-state index contributed by atoms with van der Waals surface area (Å²) in [6.07, 6.45) is -0.384. The van der Waals surface area contributed by atoms with E-state index >= 15 is 0 Å². The van der Waals surface area contributed by atoms with Crippen LogP contribution in [0.4, 0.5) is 0 Å². The lowest BCUT2D eigenvalue weighted by molar-refractivity contribution is 0.208. The zero-order valence-electron chi connectivity index (χ0n) is 6.15. The van der Waals surface area contributed by atoms with Gasteiger partial charge in [-0.2, -0.15) is 0 Å². The topological polar surface area (TPSA) is 32.3 Å². The summed E-state index contributed by atoms with van der Waals surface area (Å²) in [5, 5.41) is 12.1. The molecule has 0 amide bonds. The zero-order valence-corrected chi connectivity index (χ0v) is 6.15. The van der Waals surface area contributed by atoms with Crippen LogP contribution in [-0.2, 0) is 0 Å². The molecular weight excluding hydrogens is 114 g/mol. The van der Waals surface area contributed by atoms with Gasteiger partial charge in [-0.3, -0.25) is 0 Å². The molecule has 0 aliphatic rings. The molecule has 0 fully saturated rings. The normalized spacial score (nSPS) is 13.2. The van der Waals surface area contributed by atoms with Crippen LogP contribution in [0.25, 0.3) is 0 Å². The smallest absolute Gasteiger partial charge is 0.0869 e. The average molecular weight is 129 g/mol. The Balaban J connectivity index is 3.27. The Labute approximate surface area is 56.6 Å². The summed E-state index contributed by atoms with van der Waals surface area (Å²) in [5.74, 6) is 0.